The van der Waals surface area contributed by atoms with Gasteiger partial charge in [0.2, 0.25) is 0 Å². The Hall–Kier alpha value is -1.90. The molecule has 2 aliphatic heterocycles. The molecule has 2 heterocycles. The number of guanidine groups is 1. The van der Waals surface area contributed by atoms with Crippen LogP contribution in [0.5, 0.6) is 0 Å². The SMILES string of the molecule is N=C(N)NC1CC1(O)C(=O)N[C@@H]1C[C@H](N)[C@@H](O[C@H]2O[C@H](CNCC(N)CO)[C@@H](O)C[C@H]2N)[C@H](O)[C@H]1O[C@H]1O[C@H](CO)[C@@H](O)[C@H](N)[C@H]1O. The van der Waals surface area contributed by atoms with Crippen molar-refractivity contribution in [3.05, 3.63) is 0 Å². The molecule has 272 valence electrons. The summed E-state index contributed by atoms with van der Waals surface area (Å²) in [5.74, 6) is -1.32. The Morgan fingerprint density at radius 3 is 2.23 bits per heavy atom. The first kappa shape index (κ1) is 37.9. The van der Waals surface area contributed by atoms with Crippen molar-refractivity contribution in [3.8, 4) is 0 Å². The third-order valence-electron chi connectivity index (χ3n) is 9.10. The van der Waals surface area contributed by atoms with Crippen molar-refractivity contribution in [3.63, 3.8) is 0 Å². The van der Waals surface area contributed by atoms with Crippen LogP contribution >= 0.6 is 0 Å². The fourth-order valence-corrected chi connectivity index (χ4v) is 6.13. The minimum atomic E-state index is -1.93. The topological polar surface area (TPSA) is 386 Å². The van der Waals surface area contributed by atoms with Crippen molar-refractivity contribution in [1.29, 1.82) is 5.41 Å². The molecule has 4 rings (SSSR count). The summed E-state index contributed by atoms with van der Waals surface area (Å²) in [6, 6.07) is -5.62. The zero-order chi connectivity index (χ0) is 34.8. The number of nitrogens with one attached hydrogen (secondary N) is 4. The molecule has 17 atom stereocenters. The highest BCUT2D eigenvalue weighted by Crippen LogP contribution is 2.37. The molecule has 0 aromatic heterocycles. The first-order chi connectivity index (χ1) is 22.1. The maximum absolute atomic E-state index is 13.2. The van der Waals surface area contributed by atoms with Crippen LogP contribution in [0.25, 0.3) is 0 Å². The third-order valence-corrected chi connectivity index (χ3v) is 9.10. The standard InChI is InChI=1S/C26H51N9O12/c27-8(6-36)4-33-5-13-12(38)2-10(29)22(44-13)46-20-9(28)1-11(34-24(42)26(43)3-15(26)35-25(31)32)21(19(20)41)47-23-18(40)16(30)17(39)14(7-37)45-23/h8-23,33,36-41,43H,1-7,27-30H2,(H,34,42)(H4,31,32,35)/t8?,9-,10+,11+,12-,13+,14+,15?,16-,17+,18+,19-,20+,21-,22+,23+,26?/m0/s1. The van der Waals surface area contributed by atoms with Gasteiger partial charge in [0.15, 0.2) is 24.1 Å². The lowest BCUT2D eigenvalue weighted by Crippen LogP contribution is -2.69. The Balaban J connectivity index is 1.51. The van der Waals surface area contributed by atoms with Crippen LogP contribution in [0.4, 0.5) is 0 Å². The first-order valence-electron chi connectivity index (χ1n) is 15.5. The first-order valence-corrected chi connectivity index (χ1v) is 15.5. The largest absolute Gasteiger partial charge is 0.395 e. The molecule has 0 aromatic carbocycles. The molecule has 2 saturated heterocycles. The van der Waals surface area contributed by atoms with Gasteiger partial charge in [-0.05, 0) is 12.8 Å². The van der Waals surface area contributed by atoms with E-state index in [1.807, 2.05) is 0 Å². The molecule has 21 N–H and O–H groups in total. The van der Waals surface area contributed by atoms with Gasteiger partial charge in [-0.1, -0.05) is 0 Å². The van der Waals surface area contributed by atoms with E-state index in [9.17, 15) is 35.4 Å². The molecule has 0 spiro atoms. The van der Waals surface area contributed by atoms with Gasteiger partial charge in [-0.15, -0.1) is 0 Å². The second kappa shape index (κ2) is 15.8. The third kappa shape index (κ3) is 8.64. The lowest BCUT2D eigenvalue weighted by molar-refractivity contribution is -0.316. The van der Waals surface area contributed by atoms with Crippen molar-refractivity contribution in [2.45, 2.75) is 123 Å². The van der Waals surface area contributed by atoms with Crippen molar-refractivity contribution < 1.29 is 59.5 Å². The Bertz CT molecular complexity index is 1070. The number of carbonyl (C=O) groups excluding carboxylic acids is 1. The van der Waals surface area contributed by atoms with E-state index in [1.54, 1.807) is 0 Å². The van der Waals surface area contributed by atoms with Crippen LogP contribution in [0.1, 0.15) is 19.3 Å². The fourth-order valence-electron chi connectivity index (χ4n) is 6.13. The summed E-state index contributed by atoms with van der Waals surface area (Å²) in [5.41, 5.74) is 27.7. The Kier molecular flexibility index (Phi) is 12.7. The van der Waals surface area contributed by atoms with Crippen LogP contribution in [0.2, 0.25) is 0 Å². The van der Waals surface area contributed by atoms with Gasteiger partial charge in [0, 0.05) is 31.6 Å². The van der Waals surface area contributed by atoms with Crippen molar-refractivity contribution in [2.75, 3.05) is 26.3 Å². The minimum Gasteiger partial charge on any atom is -0.395 e. The number of aliphatic hydroxyl groups excluding tert-OH is 6. The predicted octanol–water partition coefficient (Wildman–Crippen LogP) is -9.20. The van der Waals surface area contributed by atoms with Crippen LogP contribution in [0, 0.1) is 5.41 Å². The van der Waals surface area contributed by atoms with Gasteiger partial charge in [-0.25, -0.2) is 0 Å². The fraction of sp³-hybridized carbons (Fsp3) is 0.923. The molecule has 2 aliphatic carbocycles. The van der Waals surface area contributed by atoms with Gasteiger partial charge < -0.3 is 99.3 Å². The van der Waals surface area contributed by atoms with Gasteiger partial charge in [-0.2, -0.15) is 0 Å². The quantitative estimate of drug-likeness (QED) is 0.0633. The number of hydrogen-bond acceptors (Lipinski definition) is 18. The monoisotopic (exact) mass is 681 g/mol. The predicted molar refractivity (Wildman–Crippen MR) is 160 cm³/mol. The minimum absolute atomic E-state index is 0.0584. The van der Waals surface area contributed by atoms with Crippen LogP contribution in [0.15, 0.2) is 0 Å². The summed E-state index contributed by atoms with van der Waals surface area (Å²) >= 11 is 0. The number of hydrogen-bond donors (Lipinski definition) is 16. The molecule has 0 aromatic rings. The van der Waals surface area contributed by atoms with Crippen molar-refractivity contribution >= 4 is 11.9 Å². The average molecular weight is 682 g/mol. The molecule has 21 heteroatoms. The number of rotatable bonds is 13. The molecular weight excluding hydrogens is 630 g/mol. The lowest BCUT2D eigenvalue weighted by atomic mass is 9.83. The molecule has 2 saturated carbocycles. The molecule has 0 radical (unpaired) electrons. The maximum Gasteiger partial charge on any atom is 0.254 e. The Morgan fingerprint density at radius 2 is 1.60 bits per heavy atom. The van der Waals surface area contributed by atoms with Crippen molar-refractivity contribution in [1.82, 2.24) is 16.0 Å². The van der Waals surface area contributed by atoms with Gasteiger partial charge in [0.25, 0.3) is 5.91 Å². The summed E-state index contributed by atoms with van der Waals surface area (Å²) < 4.78 is 23.5. The van der Waals surface area contributed by atoms with Gasteiger partial charge >= 0.3 is 0 Å². The summed E-state index contributed by atoms with van der Waals surface area (Å²) in [5, 5.41) is 88.2. The number of nitrogens with two attached hydrogens (primary N) is 5. The molecule has 1 amide bonds. The van der Waals surface area contributed by atoms with E-state index < -0.39 is 122 Å². The highest BCUT2D eigenvalue weighted by molar-refractivity contribution is 5.91. The Labute approximate surface area is 270 Å². The lowest BCUT2D eigenvalue weighted by Gasteiger charge is -2.48. The smallest absolute Gasteiger partial charge is 0.254 e. The highest BCUT2D eigenvalue weighted by Gasteiger charge is 2.61. The van der Waals surface area contributed by atoms with E-state index in [2.05, 4.69) is 16.0 Å². The van der Waals surface area contributed by atoms with Crippen molar-refractivity contribution in [2.24, 2.45) is 28.7 Å². The molecule has 3 unspecified atom stereocenters. The molecule has 47 heavy (non-hydrogen) atoms. The summed E-state index contributed by atoms with van der Waals surface area (Å²) in [6.07, 6.45) is -13.3. The number of amides is 1. The zero-order valence-electron chi connectivity index (χ0n) is 25.7. The van der Waals surface area contributed by atoms with Gasteiger partial charge in [0.1, 0.15) is 36.6 Å². The Morgan fingerprint density at radius 1 is 0.936 bits per heavy atom. The molecule has 21 nitrogen and oxygen atoms in total. The number of aliphatic hydroxyl groups is 7. The normalized spacial score (nSPS) is 46.0. The molecule has 4 fully saturated rings. The van der Waals surface area contributed by atoms with Gasteiger partial charge in [-0.3, -0.25) is 10.2 Å². The van der Waals surface area contributed by atoms with E-state index in [0.717, 1.165) is 0 Å². The van der Waals surface area contributed by atoms with Crippen LogP contribution in [0.3, 0.4) is 0 Å². The van der Waals surface area contributed by atoms with E-state index in [-0.39, 0.29) is 39.0 Å². The van der Waals surface area contributed by atoms with E-state index in [1.165, 1.54) is 0 Å². The summed E-state index contributed by atoms with van der Waals surface area (Å²) in [7, 11) is 0. The van der Waals surface area contributed by atoms with Crippen LogP contribution in [-0.2, 0) is 23.7 Å². The summed E-state index contributed by atoms with van der Waals surface area (Å²) in [4.78, 5) is 13.2. The zero-order valence-corrected chi connectivity index (χ0v) is 25.7. The van der Waals surface area contributed by atoms with Gasteiger partial charge in [0.05, 0.1) is 49.6 Å². The highest BCUT2D eigenvalue weighted by atomic mass is 16.7. The molecule has 4 aliphatic rings. The van der Waals surface area contributed by atoms with Crippen LogP contribution < -0.4 is 44.6 Å². The summed E-state index contributed by atoms with van der Waals surface area (Å²) in [6.45, 7) is -0.538. The molecule has 0 bridgehead atoms. The molecular formula is C26H51N9O12. The van der Waals surface area contributed by atoms with E-state index >= 15 is 0 Å². The average Bonchev–Trinajstić information content (AvgIpc) is 3.67. The second-order valence-corrected chi connectivity index (χ2v) is 12.8. The van der Waals surface area contributed by atoms with E-state index in [0.29, 0.717) is 0 Å². The number of carbonyl (C=O) groups is 1. The number of ether oxygens (including phenoxy) is 4. The van der Waals surface area contributed by atoms with Crippen LogP contribution in [-0.4, -0.2) is 177 Å². The van der Waals surface area contributed by atoms with E-state index in [4.69, 9.17) is 58.1 Å². The second-order valence-electron chi connectivity index (χ2n) is 12.8. The maximum atomic E-state index is 13.2.